The number of nitrogens with zero attached hydrogens (tertiary/aromatic N) is 1. The maximum Gasteiger partial charge on any atom is 0.141 e. The highest BCUT2D eigenvalue weighted by Gasteiger charge is 2.26. The first-order valence-electron chi connectivity index (χ1n) is 6.48. The Morgan fingerprint density at radius 2 is 2.00 bits per heavy atom. The second-order valence-electron chi connectivity index (χ2n) is 5.22. The van der Waals surface area contributed by atoms with Crippen LogP contribution in [0.2, 0.25) is 0 Å². The molecular weight excluding hydrogens is 215 g/mol. The van der Waals surface area contributed by atoms with Crippen LogP contribution >= 0.6 is 0 Å². The van der Waals surface area contributed by atoms with Crippen molar-refractivity contribution in [3.63, 3.8) is 0 Å². The van der Waals surface area contributed by atoms with Crippen LogP contribution in [0.15, 0.2) is 18.5 Å². The smallest absolute Gasteiger partial charge is 0.141 e. The van der Waals surface area contributed by atoms with Crippen LogP contribution < -0.4 is 5.32 Å². The van der Waals surface area contributed by atoms with E-state index in [1.807, 2.05) is 7.05 Å². The van der Waals surface area contributed by atoms with E-state index < -0.39 is 0 Å². The minimum absolute atomic E-state index is 0.241. The maximum atomic E-state index is 13.2. The van der Waals surface area contributed by atoms with Crippen LogP contribution in [0.5, 0.6) is 0 Å². The van der Waals surface area contributed by atoms with E-state index in [9.17, 15) is 4.39 Å². The van der Waals surface area contributed by atoms with Gasteiger partial charge in [-0.1, -0.05) is 19.8 Å². The number of rotatable bonds is 3. The van der Waals surface area contributed by atoms with Gasteiger partial charge in [-0.05, 0) is 43.4 Å². The third kappa shape index (κ3) is 3.03. The first kappa shape index (κ1) is 12.5. The van der Waals surface area contributed by atoms with Gasteiger partial charge < -0.3 is 5.32 Å². The van der Waals surface area contributed by atoms with Crippen molar-refractivity contribution in [1.82, 2.24) is 10.3 Å². The molecule has 0 saturated heterocycles. The zero-order chi connectivity index (χ0) is 12.3. The summed E-state index contributed by atoms with van der Waals surface area (Å²) in [5, 5.41) is 3.32. The van der Waals surface area contributed by atoms with E-state index in [1.54, 1.807) is 12.3 Å². The summed E-state index contributed by atoms with van der Waals surface area (Å²) in [6, 6.07) is 1.84. The van der Waals surface area contributed by atoms with Gasteiger partial charge >= 0.3 is 0 Å². The molecule has 3 heteroatoms. The molecule has 17 heavy (non-hydrogen) atoms. The van der Waals surface area contributed by atoms with Gasteiger partial charge in [0.25, 0.3) is 0 Å². The van der Waals surface area contributed by atoms with Gasteiger partial charge in [0.1, 0.15) is 5.82 Å². The van der Waals surface area contributed by atoms with Crippen molar-refractivity contribution in [3.8, 4) is 0 Å². The van der Waals surface area contributed by atoms with Crippen LogP contribution in [0.4, 0.5) is 4.39 Å². The molecule has 1 unspecified atom stereocenters. The predicted octanol–water partition coefficient (Wildman–Crippen LogP) is 3.31. The number of nitrogens with one attached hydrogen (secondary N) is 1. The highest BCUT2D eigenvalue weighted by Crippen LogP contribution is 2.36. The number of halogens is 1. The molecule has 0 radical (unpaired) electrons. The minimum Gasteiger partial charge on any atom is -0.313 e. The average Bonchev–Trinajstić information content (AvgIpc) is 2.33. The number of hydrogen-bond donors (Lipinski definition) is 1. The Bertz CT molecular complexity index is 359. The Labute approximate surface area is 103 Å². The molecule has 1 aromatic heterocycles. The second kappa shape index (κ2) is 5.58. The van der Waals surface area contributed by atoms with E-state index in [1.165, 1.54) is 31.9 Å². The summed E-state index contributed by atoms with van der Waals surface area (Å²) in [7, 11) is 1.95. The molecule has 0 amide bonds. The van der Waals surface area contributed by atoms with Crippen LogP contribution in [0.3, 0.4) is 0 Å². The first-order chi connectivity index (χ1) is 8.20. The standard InChI is InChI=1S/C14H21FN2/c1-10-3-5-11(6-4-10)14(16-2)12-7-13(15)9-17-8-12/h7-11,14,16H,3-6H2,1-2H3. The predicted molar refractivity (Wildman–Crippen MR) is 67.1 cm³/mol. The van der Waals surface area contributed by atoms with Crippen molar-refractivity contribution in [2.75, 3.05) is 7.05 Å². The summed E-state index contributed by atoms with van der Waals surface area (Å²) in [6.07, 6.45) is 8.06. The van der Waals surface area contributed by atoms with E-state index in [2.05, 4.69) is 17.2 Å². The molecular formula is C14H21FN2. The molecule has 2 rings (SSSR count). The van der Waals surface area contributed by atoms with Crippen LogP contribution in [0, 0.1) is 17.7 Å². The summed E-state index contributed by atoms with van der Waals surface area (Å²) in [6.45, 7) is 2.31. The zero-order valence-corrected chi connectivity index (χ0v) is 10.6. The van der Waals surface area contributed by atoms with Gasteiger partial charge in [-0.3, -0.25) is 4.98 Å². The third-order valence-electron chi connectivity index (χ3n) is 3.93. The Balaban J connectivity index is 2.10. The van der Waals surface area contributed by atoms with Gasteiger partial charge in [-0.15, -0.1) is 0 Å². The number of hydrogen-bond acceptors (Lipinski definition) is 2. The fourth-order valence-corrected chi connectivity index (χ4v) is 2.89. The third-order valence-corrected chi connectivity index (χ3v) is 3.93. The van der Waals surface area contributed by atoms with Crippen molar-refractivity contribution >= 4 is 0 Å². The summed E-state index contributed by atoms with van der Waals surface area (Å²) in [4.78, 5) is 3.95. The summed E-state index contributed by atoms with van der Waals surface area (Å²) >= 11 is 0. The normalized spacial score (nSPS) is 26.8. The van der Waals surface area contributed by atoms with Crippen LogP contribution in [-0.4, -0.2) is 12.0 Å². The molecule has 1 fully saturated rings. The summed E-state index contributed by atoms with van der Waals surface area (Å²) < 4.78 is 13.2. The molecule has 1 aromatic rings. The molecule has 1 aliphatic rings. The molecule has 0 aromatic carbocycles. The summed E-state index contributed by atoms with van der Waals surface area (Å²) in [5.74, 6) is 1.21. The van der Waals surface area contributed by atoms with E-state index in [4.69, 9.17) is 0 Å². The largest absolute Gasteiger partial charge is 0.313 e. The SMILES string of the molecule is CNC(c1cncc(F)c1)C1CCC(C)CC1. The Hall–Kier alpha value is -0.960. The van der Waals surface area contributed by atoms with Crippen molar-refractivity contribution < 1.29 is 4.39 Å². The molecule has 94 valence electrons. The van der Waals surface area contributed by atoms with E-state index in [0.717, 1.165) is 11.5 Å². The van der Waals surface area contributed by atoms with Gasteiger partial charge in [0.05, 0.1) is 6.20 Å². The molecule has 2 nitrogen and oxygen atoms in total. The van der Waals surface area contributed by atoms with Crippen molar-refractivity contribution in [2.24, 2.45) is 11.8 Å². The Morgan fingerprint density at radius 3 is 2.59 bits per heavy atom. The number of aromatic nitrogens is 1. The van der Waals surface area contributed by atoms with Gasteiger partial charge in [0.15, 0.2) is 0 Å². The molecule has 1 aliphatic carbocycles. The lowest BCUT2D eigenvalue weighted by Gasteiger charge is -2.32. The fourth-order valence-electron chi connectivity index (χ4n) is 2.89. The zero-order valence-electron chi connectivity index (χ0n) is 10.6. The molecule has 0 aliphatic heterocycles. The topological polar surface area (TPSA) is 24.9 Å². The fraction of sp³-hybridized carbons (Fsp3) is 0.643. The Morgan fingerprint density at radius 1 is 1.29 bits per heavy atom. The van der Waals surface area contributed by atoms with Gasteiger partial charge in [0.2, 0.25) is 0 Å². The van der Waals surface area contributed by atoms with Crippen LogP contribution in [0.25, 0.3) is 0 Å². The lowest BCUT2D eigenvalue weighted by molar-refractivity contribution is 0.237. The monoisotopic (exact) mass is 236 g/mol. The van der Waals surface area contributed by atoms with Crippen LogP contribution in [-0.2, 0) is 0 Å². The highest BCUT2D eigenvalue weighted by molar-refractivity contribution is 5.16. The second-order valence-corrected chi connectivity index (χ2v) is 5.22. The maximum absolute atomic E-state index is 13.2. The molecule has 0 bridgehead atoms. The van der Waals surface area contributed by atoms with E-state index in [-0.39, 0.29) is 11.9 Å². The van der Waals surface area contributed by atoms with E-state index >= 15 is 0 Å². The van der Waals surface area contributed by atoms with Gasteiger partial charge in [-0.2, -0.15) is 0 Å². The Kier molecular flexibility index (Phi) is 4.11. The lowest BCUT2D eigenvalue weighted by Crippen LogP contribution is -2.28. The van der Waals surface area contributed by atoms with Crippen molar-refractivity contribution in [2.45, 2.75) is 38.6 Å². The molecule has 1 N–H and O–H groups in total. The van der Waals surface area contributed by atoms with Gasteiger partial charge in [-0.25, -0.2) is 4.39 Å². The average molecular weight is 236 g/mol. The molecule has 1 atom stereocenters. The van der Waals surface area contributed by atoms with Gasteiger partial charge in [0, 0.05) is 12.2 Å². The highest BCUT2D eigenvalue weighted by atomic mass is 19.1. The first-order valence-corrected chi connectivity index (χ1v) is 6.48. The minimum atomic E-state index is -0.244. The lowest BCUT2D eigenvalue weighted by atomic mass is 9.77. The number of pyridine rings is 1. The summed E-state index contributed by atoms with van der Waals surface area (Å²) in [5.41, 5.74) is 0.979. The van der Waals surface area contributed by atoms with Crippen molar-refractivity contribution in [3.05, 3.63) is 29.8 Å². The van der Waals surface area contributed by atoms with Crippen LogP contribution in [0.1, 0.15) is 44.2 Å². The molecule has 0 spiro atoms. The quantitative estimate of drug-likeness (QED) is 0.871. The molecule has 1 heterocycles. The molecule has 1 saturated carbocycles. The van der Waals surface area contributed by atoms with Crippen molar-refractivity contribution in [1.29, 1.82) is 0 Å². The van der Waals surface area contributed by atoms with E-state index in [0.29, 0.717) is 5.92 Å².